The molecule has 0 atom stereocenters. The highest BCUT2D eigenvalue weighted by molar-refractivity contribution is 5.34. The van der Waals surface area contributed by atoms with Crippen LogP contribution in [-0.4, -0.2) is 22.6 Å². The number of nitrogens with one attached hydrogen (secondary N) is 1. The minimum absolute atomic E-state index is 0.602. The Labute approximate surface area is 90.3 Å². The largest absolute Gasteiger partial charge is 0.367 e. The van der Waals surface area contributed by atoms with Crippen LogP contribution in [0.15, 0.2) is 12.3 Å². The monoisotopic (exact) mass is 206 g/mol. The Kier molecular flexibility index (Phi) is 3.50. The predicted molar refractivity (Wildman–Crippen MR) is 60.7 cm³/mol. The van der Waals surface area contributed by atoms with Crippen LogP contribution in [0.5, 0.6) is 0 Å². The molecule has 0 bridgehead atoms. The fourth-order valence-corrected chi connectivity index (χ4v) is 2.01. The predicted octanol–water partition coefficient (Wildman–Crippen LogP) is 1.33. The van der Waals surface area contributed by atoms with E-state index in [-0.39, 0.29) is 0 Å². The molecule has 0 saturated heterocycles. The Bertz CT molecular complexity index is 307. The molecule has 0 radical (unpaired) electrons. The topological polar surface area (TPSA) is 63.8 Å². The van der Waals surface area contributed by atoms with Crippen molar-refractivity contribution in [1.29, 1.82) is 0 Å². The molecule has 1 aromatic rings. The number of nitrogens with two attached hydrogens (primary N) is 1. The molecule has 82 valence electrons. The smallest absolute Gasteiger partial charge is 0.131 e. The Morgan fingerprint density at radius 3 is 2.93 bits per heavy atom. The van der Waals surface area contributed by atoms with Gasteiger partial charge in [-0.2, -0.15) is 0 Å². The van der Waals surface area contributed by atoms with E-state index in [1.165, 1.54) is 25.7 Å². The van der Waals surface area contributed by atoms with E-state index in [4.69, 9.17) is 5.73 Å². The van der Waals surface area contributed by atoms with Gasteiger partial charge in [-0.15, -0.1) is 0 Å². The van der Waals surface area contributed by atoms with Gasteiger partial charge in [0.25, 0.3) is 0 Å². The molecule has 2 rings (SSSR count). The van der Waals surface area contributed by atoms with Crippen molar-refractivity contribution in [1.82, 2.24) is 9.97 Å². The molecule has 4 nitrogen and oxygen atoms in total. The number of anilines is 1. The van der Waals surface area contributed by atoms with Crippen molar-refractivity contribution in [3.05, 3.63) is 18.1 Å². The second-order valence-corrected chi connectivity index (χ2v) is 4.02. The van der Waals surface area contributed by atoms with Gasteiger partial charge in [-0.05, 0) is 25.5 Å². The van der Waals surface area contributed by atoms with Crippen LogP contribution in [0.2, 0.25) is 0 Å². The molecular weight excluding hydrogens is 188 g/mol. The van der Waals surface area contributed by atoms with E-state index in [9.17, 15) is 0 Å². The number of hydrogen-bond donors (Lipinski definition) is 2. The van der Waals surface area contributed by atoms with Gasteiger partial charge in [-0.25, -0.2) is 9.97 Å². The molecule has 1 fully saturated rings. The van der Waals surface area contributed by atoms with Crippen LogP contribution in [0.1, 0.15) is 31.5 Å². The number of nitrogens with zero attached hydrogens (tertiary/aromatic N) is 2. The van der Waals surface area contributed by atoms with E-state index in [2.05, 4.69) is 15.3 Å². The lowest BCUT2D eigenvalue weighted by Gasteiger charge is -2.12. The summed E-state index contributed by atoms with van der Waals surface area (Å²) in [6, 6.07) is 2.53. The fourth-order valence-electron chi connectivity index (χ4n) is 2.01. The Morgan fingerprint density at radius 2 is 2.20 bits per heavy atom. The second kappa shape index (κ2) is 5.07. The number of aromatic nitrogens is 2. The average molecular weight is 206 g/mol. The van der Waals surface area contributed by atoms with Crippen LogP contribution < -0.4 is 11.1 Å². The first kappa shape index (κ1) is 10.4. The SMILES string of the molecule is NCCc1nccc(NC2CCCC2)n1. The molecule has 1 heterocycles. The van der Waals surface area contributed by atoms with E-state index in [1.54, 1.807) is 6.20 Å². The summed E-state index contributed by atoms with van der Waals surface area (Å²) in [5.74, 6) is 1.78. The molecule has 0 amide bonds. The van der Waals surface area contributed by atoms with Crippen molar-refractivity contribution in [3.63, 3.8) is 0 Å². The first-order valence-electron chi connectivity index (χ1n) is 5.67. The minimum Gasteiger partial charge on any atom is -0.367 e. The normalized spacial score (nSPS) is 16.9. The van der Waals surface area contributed by atoms with Gasteiger partial charge in [0.1, 0.15) is 11.6 Å². The van der Waals surface area contributed by atoms with Crippen molar-refractivity contribution >= 4 is 5.82 Å². The van der Waals surface area contributed by atoms with Gasteiger partial charge in [0.2, 0.25) is 0 Å². The highest BCUT2D eigenvalue weighted by Gasteiger charge is 2.14. The summed E-state index contributed by atoms with van der Waals surface area (Å²) in [4.78, 5) is 8.60. The fraction of sp³-hybridized carbons (Fsp3) is 0.636. The van der Waals surface area contributed by atoms with Gasteiger partial charge in [0.15, 0.2) is 0 Å². The van der Waals surface area contributed by atoms with E-state index in [1.807, 2.05) is 6.07 Å². The zero-order valence-corrected chi connectivity index (χ0v) is 8.95. The maximum absolute atomic E-state index is 5.47. The van der Waals surface area contributed by atoms with E-state index >= 15 is 0 Å². The summed E-state index contributed by atoms with van der Waals surface area (Å²) in [7, 11) is 0. The molecule has 1 aliphatic carbocycles. The van der Waals surface area contributed by atoms with Crippen molar-refractivity contribution in [2.75, 3.05) is 11.9 Å². The summed E-state index contributed by atoms with van der Waals surface area (Å²) in [5.41, 5.74) is 5.47. The zero-order valence-electron chi connectivity index (χ0n) is 8.95. The first-order valence-corrected chi connectivity index (χ1v) is 5.67. The van der Waals surface area contributed by atoms with Crippen molar-refractivity contribution in [2.24, 2.45) is 5.73 Å². The minimum atomic E-state index is 0.602. The van der Waals surface area contributed by atoms with Gasteiger partial charge in [0.05, 0.1) is 0 Å². The summed E-state index contributed by atoms with van der Waals surface area (Å²) >= 11 is 0. The van der Waals surface area contributed by atoms with Gasteiger partial charge in [0, 0.05) is 18.7 Å². The van der Waals surface area contributed by atoms with E-state index in [0.29, 0.717) is 12.6 Å². The van der Waals surface area contributed by atoms with E-state index < -0.39 is 0 Å². The first-order chi connectivity index (χ1) is 7.38. The third-order valence-electron chi connectivity index (χ3n) is 2.78. The van der Waals surface area contributed by atoms with Crippen LogP contribution in [0.25, 0.3) is 0 Å². The third kappa shape index (κ3) is 2.89. The number of hydrogen-bond acceptors (Lipinski definition) is 4. The molecule has 3 N–H and O–H groups in total. The number of rotatable bonds is 4. The lowest BCUT2D eigenvalue weighted by Crippen LogP contribution is -2.16. The van der Waals surface area contributed by atoms with E-state index in [0.717, 1.165) is 18.1 Å². The molecule has 0 spiro atoms. The quantitative estimate of drug-likeness (QED) is 0.780. The lowest BCUT2D eigenvalue weighted by atomic mass is 10.2. The molecule has 15 heavy (non-hydrogen) atoms. The lowest BCUT2D eigenvalue weighted by molar-refractivity contribution is 0.745. The molecule has 1 saturated carbocycles. The highest BCUT2D eigenvalue weighted by atomic mass is 15.0. The van der Waals surface area contributed by atoms with Crippen LogP contribution in [0.4, 0.5) is 5.82 Å². The average Bonchev–Trinajstić information content (AvgIpc) is 2.71. The van der Waals surface area contributed by atoms with Crippen LogP contribution >= 0.6 is 0 Å². The molecule has 4 heteroatoms. The highest BCUT2D eigenvalue weighted by Crippen LogP contribution is 2.21. The van der Waals surface area contributed by atoms with Crippen LogP contribution in [0, 0.1) is 0 Å². The van der Waals surface area contributed by atoms with Crippen LogP contribution in [-0.2, 0) is 6.42 Å². The van der Waals surface area contributed by atoms with Crippen molar-refractivity contribution < 1.29 is 0 Å². The third-order valence-corrected chi connectivity index (χ3v) is 2.78. The summed E-state index contributed by atoms with van der Waals surface area (Å²) in [6.45, 7) is 0.604. The molecule has 0 aliphatic heterocycles. The standard InChI is InChI=1S/C11H18N4/c12-7-5-10-13-8-6-11(15-10)14-9-3-1-2-4-9/h6,8-9H,1-5,7,12H2,(H,13,14,15). The summed E-state index contributed by atoms with van der Waals surface area (Å²) < 4.78 is 0. The maximum atomic E-state index is 5.47. The summed E-state index contributed by atoms with van der Waals surface area (Å²) in [6.07, 6.45) is 7.73. The van der Waals surface area contributed by atoms with Crippen molar-refractivity contribution in [3.8, 4) is 0 Å². The van der Waals surface area contributed by atoms with Gasteiger partial charge < -0.3 is 11.1 Å². The van der Waals surface area contributed by atoms with Crippen molar-refractivity contribution in [2.45, 2.75) is 38.1 Å². The van der Waals surface area contributed by atoms with Crippen LogP contribution in [0.3, 0.4) is 0 Å². The Morgan fingerprint density at radius 1 is 1.40 bits per heavy atom. The van der Waals surface area contributed by atoms with Gasteiger partial charge in [-0.1, -0.05) is 12.8 Å². The maximum Gasteiger partial charge on any atom is 0.131 e. The Balaban J connectivity index is 1.97. The Hall–Kier alpha value is -1.16. The van der Waals surface area contributed by atoms with Gasteiger partial charge >= 0.3 is 0 Å². The summed E-state index contributed by atoms with van der Waals surface area (Å²) in [5, 5.41) is 3.45. The second-order valence-electron chi connectivity index (χ2n) is 4.02. The molecular formula is C11H18N4. The zero-order chi connectivity index (χ0) is 10.5. The molecule has 0 unspecified atom stereocenters. The molecule has 0 aromatic carbocycles. The van der Waals surface area contributed by atoms with Gasteiger partial charge in [-0.3, -0.25) is 0 Å². The molecule has 1 aliphatic rings. The molecule has 1 aromatic heterocycles.